The summed E-state index contributed by atoms with van der Waals surface area (Å²) >= 11 is 1.28. The van der Waals surface area contributed by atoms with Crippen molar-refractivity contribution in [3.05, 3.63) is 47.2 Å². The van der Waals surface area contributed by atoms with E-state index in [0.717, 1.165) is 0 Å². The number of thiazole rings is 1. The molecule has 6 nitrogen and oxygen atoms in total. The smallest absolute Gasteiger partial charge is 0.257 e. The third-order valence-corrected chi connectivity index (χ3v) is 4.28. The maximum Gasteiger partial charge on any atom is 0.257 e. The van der Waals surface area contributed by atoms with Crippen LogP contribution >= 0.6 is 11.3 Å². The number of halogens is 1. The van der Waals surface area contributed by atoms with Crippen LogP contribution in [0.1, 0.15) is 11.6 Å². The molecule has 0 aliphatic carbocycles. The van der Waals surface area contributed by atoms with E-state index in [4.69, 9.17) is 4.74 Å². The zero-order valence-electron chi connectivity index (χ0n) is 12.2. The van der Waals surface area contributed by atoms with Gasteiger partial charge in [0.1, 0.15) is 12.4 Å². The molecular formula is C15H14FN3O3S. The molecule has 2 aromatic rings. The van der Waals surface area contributed by atoms with Gasteiger partial charge in [-0.3, -0.25) is 14.9 Å². The predicted molar refractivity (Wildman–Crippen MR) is 82.4 cm³/mol. The quantitative estimate of drug-likeness (QED) is 0.929. The number of carbonyl (C=O) groups is 2. The van der Waals surface area contributed by atoms with Crippen molar-refractivity contribution in [3.8, 4) is 0 Å². The summed E-state index contributed by atoms with van der Waals surface area (Å²) in [7, 11) is 1.57. The number of nitrogens with one attached hydrogen (secondary N) is 1. The van der Waals surface area contributed by atoms with Gasteiger partial charge < -0.3 is 9.64 Å². The third kappa shape index (κ3) is 3.22. The number of benzene rings is 1. The number of nitrogens with zero attached hydrogens (tertiary/aromatic N) is 2. The number of hydrogen-bond acceptors (Lipinski definition) is 5. The lowest BCUT2D eigenvalue weighted by Crippen LogP contribution is -2.51. The van der Waals surface area contributed by atoms with Crippen molar-refractivity contribution in [1.29, 1.82) is 0 Å². The van der Waals surface area contributed by atoms with Crippen LogP contribution in [0, 0.1) is 5.82 Å². The second-order valence-corrected chi connectivity index (χ2v) is 5.96. The Balaban J connectivity index is 1.89. The SMILES string of the molecule is CN1C(=O)CO[C@@H](C(=O)Nc2nccs2)[C@@H]1c1cccc(F)c1. The number of aromatic nitrogens is 1. The van der Waals surface area contributed by atoms with Crippen molar-refractivity contribution in [2.24, 2.45) is 0 Å². The molecule has 8 heteroatoms. The fourth-order valence-corrected chi connectivity index (χ4v) is 3.01. The number of ether oxygens (including phenoxy) is 1. The highest BCUT2D eigenvalue weighted by Gasteiger charge is 2.40. The predicted octanol–water partition coefficient (Wildman–Crippen LogP) is 1.82. The van der Waals surface area contributed by atoms with E-state index in [9.17, 15) is 14.0 Å². The Kier molecular flexibility index (Phi) is 4.35. The molecule has 0 radical (unpaired) electrons. The molecule has 1 saturated heterocycles. The second kappa shape index (κ2) is 6.43. The van der Waals surface area contributed by atoms with Crippen LogP contribution in [0.2, 0.25) is 0 Å². The summed E-state index contributed by atoms with van der Waals surface area (Å²) in [6.07, 6.45) is 0.630. The molecule has 0 spiro atoms. The Hall–Kier alpha value is -2.32. The molecule has 2 amide bonds. The summed E-state index contributed by atoms with van der Waals surface area (Å²) in [4.78, 5) is 29.8. The van der Waals surface area contributed by atoms with Gasteiger partial charge in [0.25, 0.3) is 5.91 Å². The van der Waals surface area contributed by atoms with Crippen LogP contribution in [-0.4, -0.2) is 41.5 Å². The van der Waals surface area contributed by atoms with E-state index in [0.29, 0.717) is 10.7 Å². The van der Waals surface area contributed by atoms with Gasteiger partial charge >= 0.3 is 0 Å². The Bertz CT molecular complexity index is 723. The first-order valence-electron chi connectivity index (χ1n) is 6.89. The van der Waals surface area contributed by atoms with Gasteiger partial charge in [-0.1, -0.05) is 12.1 Å². The number of carbonyl (C=O) groups excluding carboxylic acids is 2. The van der Waals surface area contributed by atoms with Gasteiger partial charge in [-0.05, 0) is 17.7 Å². The maximum absolute atomic E-state index is 13.5. The minimum Gasteiger partial charge on any atom is -0.356 e. The molecule has 120 valence electrons. The monoisotopic (exact) mass is 335 g/mol. The highest BCUT2D eigenvalue weighted by Crippen LogP contribution is 2.30. The van der Waals surface area contributed by atoms with Crippen molar-refractivity contribution >= 4 is 28.3 Å². The van der Waals surface area contributed by atoms with E-state index in [1.165, 1.54) is 34.4 Å². The number of morpholine rings is 1. The second-order valence-electron chi connectivity index (χ2n) is 5.06. The lowest BCUT2D eigenvalue weighted by Gasteiger charge is -2.38. The molecule has 0 bridgehead atoms. The van der Waals surface area contributed by atoms with Gasteiger partial charge in [0, 0.05) is 18.6 Å². The lowest BCUT2D eigenvalue weighted by molar-refractivity contribution is -0.160. The molecule has 1 aromatic carbocycles. The number of likely N-dealkylation sites (N-methyl/N-ethyl adjacent to an activating group) is 1. The topological polar surface area (TPSA) is 71.5 Å². The highest BCUT2D eigenvalue weighted by molar-refractivity contribution is 7.13. The molecule has 1 fully saturated rings. The first-order chi connectivity index (χ1) is 11.1. The fraction of sp³-hybridized carbons (Fsp3) is 0.267. The summed E-state index contributed by atoms with van der Waals surface area (Å²) in [6.45, 7) is -0.196. The molecule has 1 N–H and O–H groups in total. The molecule has 2 atom stereocenters. The minimum absolute atomic E-state index is 0.196. The van der Waals surface area contributed by atoms with Crippen LogP contribution < -0.4 is 5.32 Å². The van der Waals surface area contributed by atoms with E-state index < -0.39 is 23.9 Å². The van der Waals surface area contributed by atoms with E-state index in [2.05, 4.69) is 10.3 Å². The number of amides is 2. The first kappa shape index (κ1) is 15.6. The van der Waals surface area contributed by atoms with Crippen LogP contribution in [-0.2, 0) is 14.3 Å². The third-order valence-electron chi connectivity index (χ3n) is 3.59. The van der Waals surface area contributed by atoms with E-state index in [1.54, 1.807) is 24.7 Å². The van der Waals surface area contributed by atoms with Gasteiger partial charge in [-0.15, -0.1) is 11.3 Å². The zero-order valence-corrected chi connectivity index (χ0v) is 13.0. The molecular weight excluding hydrogens is 321 g/mol. The molecule has 2 heterocycles. The Labute approximate surface area is 135 Å². The summed E-state index contributed by atoms with van der Waals surface area (Å²) in [5.74, 6) is -1.13. The molecule has 1 aliphatic heterocycles. The van der Waals surface area contributed by atoms with Crippen LogP contribution in [0.3, 0.4) is 0 Å². The van der Waals surface area contributed by atoms with Gasteiger partial charge in [-0.25, -0.2) is 9.37 Å². The zero-order chi connectivity index (χ0) is 16.4. The standard InChI is InChI=1S/C15H14FN3O3S/c1-19-11(20)8-22-13(14(21)18-15-17-5-6-23-15)12(19)9-3-2-4-10(16)7-9/h2-7,12-13H,8H2,1H3,(H,17,18,21)/t12-,13+/m0/s1. The summed E-state index contributed by atoms with van der Waals surface area (Å²) in [5, 5.41) is 4.83. The van der Waals surface area contributed by atoms with Gasteiger partial charge in [-0.2, -0.15) is 0 Å². The van der Waals surface area contributed by atoms with Crippen LogP contribution in [0.15, 0.2) is 35.8 Å². The number of hydrogen-bond donors (Lipinski definition) is 1. The van der Waals surface area contributed by atoms with Crippen molar-refractivity contribution in [2.45, 2.75) is 12.1 Å². The molecule has 1 aromatic heterocycles. The van der Waals surface area contributed by atoms with Gasteiger partial charge in [0.15, 0.2) is 11.2 Å². The van der Waals surface area contributed by atoms with Crippen LogP contribution in [0.25, 0.3) is 0 Å². The van der Waals surface area contributed by atoms with E-state index >= 15 is 0 Å². The average Bonchev–Trinajstić information content (AvgIpc) is 3.02. The van der Waals surface area contributed by atoms with Gasteiger partial charge in [0.2, 0.25) is 5.91 Å². The van der Waals surface area contributed by atoms with E-state index in [-0.39, 0.29) is 12.5 Å². The number of anilines is 1. The van der Waals surface area contributed by atoms with Crippen molar-refractivity contribution in [1.82, 2.24) is 9.88 Å². The molecule has 1 aliphatic rings. The van der Waals surface area contributed by atoms with Crippen LogP contribution in [0.5, 0.6) is 0 Å². The minimum atomic E-state index is -0.941. The Morgan fingerprint density at radius 2 is 2.35 bits per heavy atom. The summed E-state index contributed by atoms with van der Waals surface area (Å²) in [5.41, 5.74) is 0.500. The Morgan fingerprint density at radius 3 is 3.04 bits per heavy atom. The normalized spacial score (nSPS) is 21.3. The first-order valence-corrected chi connectivity index (χ1v) is 7.77. The highest BCUT2D eigenvalue weighted by atomic mass is 32.1. The van der Waals surface area contributed by atoms with Crippen molar-refractivity contribution in [3.63, 3.8) is 0 Å². The fourth-order valence-electron chi connectivity index (χ4n) is 2.48. The maximum atomic E-state index is 13.5. The molecule has 23 heavy (non-hydrogen) atoms. The Morgan fingerprint density at radius 1 is 1.52 bits per heavy atom. The van der Waals surface area contributed by atoms with E-state index in [1.807, 2.05) is 0 Å². The molecule has 0 unspecified atom stereocenters. The van der Waals surface area contributed by atoms with Crippen LogP contribution in [0.4, 0.5) is 9.52 Å². The summed E-state index contributed by atoms with van der Waals surface area (Å²) in [6, 6.07) is 5.10. The summed E-state index contributed by atoms with van der Waals surface area (Å²) < 4.78 is 19.0. The van der Waals surface area contributed by atoms with Crippen molar-refractivity contribution in [2.75, 3.05) is 19.0 Å². The van der Waals surface area contributed by atoms with Crippen molar-refractivity contribution < 1.29 is 18.7 Å². The molecule has 0 saturated carbocycles. The largest absolute Gasteiger partial charge is 0.356 e. The molecule has 3 rings (SSSR count). The van der Waals surface area contributed by atoms with Gasteiger partial charge in [0.05, 0.1) is 6.04 Å². The average molecular weight is 335 g/mol. The number of rotatable bonds is 3. The lowest BCUT2D eigenvalue weighted by atomic mass is 9.97.